The van der Waals surface area contributed by atoms with Gasteiger partial charge in [-0.05, 0) is 59.2 Å². The Morgan fingerprint density at radius 3 is 2.48 bits per heavy atom. The summed E-state index contributed by atoms with van der Waals surface area (Å²) < 4.78 is 0. The predicted molar refractivity (Wildman–Crippen MR) is 92.1 cm³/mol. The van der Waals surface area contributed by atoms with E-state index in [9.17, 15) is 0 Å². The zero-order valence-electron chi connectivity index (χ0n) is 12.7. The molecule has 0 aliphatic heterocycles. The number of hydrogen-bond acceptors (Lipinski definition) is 0. The van der Waals surface area contributed by atoms with Crippen molar-refractivity contribution >= 4 is 11.6 Å². The maximum absolute atomic E-state index is 4.04. The SMILES string of the molecule is C=C/C(=C(/C)C1=Cc2ccccc2C1)c1ccccc1C. The molecule has 21 heavy (non-hydrogen) atoms. The molecule has 2 aromatic carbocycles. The van der Waals surface area contributed by atoms with Crippen LogP contribution in [0.25, 0.3) is 11.6 Å². The Bertz CT molecular complexity index is 757. The average Bonchev–Trinajstić information content (AvgIpc) is 2.93. The highest BCUT2D eigenvalue weighted by Crippen LogP contribution is 2.34. The maximum Gasteiger partial charge on any atom is -0.00168 e. The number of hydrogen-bond donors (Lipinski definition) is 0. The molecule has 0 fully saturated rings. The van der Waals surface area contributed by atoms with E-state index < -0.39 is 0 Å². The second kappa shape index (κ2) is 5.57. The fourth-order valence-electron chi connectivity index (χ4n) is 3.03. The fourth-order valence-corrected chi connectivity index (χ4v) is 3.03. The first kappa shape index (κ1) is 13.6. The lowest BCUT2D eigenvalue weighted by Gasteiger charge is -2.12. The summed E-state index contributed by atoms with van der Waals surface area (Å²) in [7, 11) is 0. The van der Waals surface area contributed by atoms with Gasteiger partial charge in [-0.1, -0.05) is 67.3 Å². The van der Waals surface area contributed by atoms with Gasteiger partial charge in [0.15, 0.2) is 0 Å². The van der Waals surface area contributed by atoms with E-state index in [1.807, 2.05) is 6.08 Å². The lowest BCUT2D eigenvalue weighted by molar-refractivity contribution is 1.19. The van der Waals surface area contributed by atoms with E-state index in [0.29, 0.717) is 0 Å². The molecule has 0 bridgehead atoms. The number of benzene rings is 2. The molecule has 2 aromatic rings. The third-order valence-corrected chi connectivity index (χ3v) is 4.29. The summed E-state index contributed by atoms with van der Waals surface area (Å²) >= 11 is 0. The summed E-state index contributed by atoms with van der Waals surface area (Å²) in [6.45, 7) is 8.40. The van der Waals surface area contributed by atoms with Crippen LogP contribution in [0.4, 0.5) is 0 Å². The molecule has 0 aromatic heterocycles. The van der Waals surface area contributed by atoms with Crippen LogP contribution < -0.4 is 0 Å². The molecule has 0 N–H and O–H groups in total. The second-order valence-electron chi connectivity index (χ2n) is 5.60. The smallest absolute Gasteiger partial charge is 0.00168 e. The second-order valence-corrected chi connectivity index (χ2v) is 5.60. The topological polar surface area (TPSA) is 0 Å². The molecule has 0 heterocycles. The third-order valence-electron chi connectivity index (χ3n) is 4.29. The monoisotopic (exact) mass is 272 g/mol. The minimum absolute atomic E-state index is 1.02. The maximum atomic E-state index is 4.04. The van der Waals surface area contributed by atoms with E-state index in [1.54, 1.807) is 0 Å². The summed E-state index contributed by atoms with van der Waals surface area (Å²) in [4.78, 5) is 0. The van der Waals surface area contributed by atoms with Gasteiger partial charge >= 0.3 is 0 Å². The van der Waals surface area contributed by atoms with Gasteiger partial charge in [-0.25, -0.2) is 0 Å². The fraction of sp³-hybridized carbons (Fsp3) is 0.143. The van der Waals surface area contributed by atoms with Gasteiger partial charge in [-0.3, -0.25) is 0 Å². The van der Waals surface area contributed by atoms with Crippen LogP contribution in [0.2, 0.25) is 0 Å². The van der Waals surface area contributed by atoms with Crippen LogP contribution in [0.15, 0.2) is 72.3 Å². The van der Waals surface area contributed by atoms with Gasteiger partial charge in [0.05, 0.1) is 0 Å². The van der Waals surface area contributed by atoms with Gasteiger partial charge < -0.3 is 0 Å². The van der Waals surface area contributed by atoms with Crippen molar-refractivity contribution in [3.63, 3.8) is 0 Å². The first-order chi connectivity index (χ1) is 10.2. The van der Waals surface area contributed by atoms with Crippen molar-refractivity contribution in [1.29, 1.82) is 0 Å². The average molecular weight is 272 g/mol. The Hall–Kier alpha value is -2.34. The highest BCUT2D eigenvalue weighted by Gasteiger charge is 2.15. The molecule has 0 amide bonds. The van der Waals surface area contributed by atoms with Gasteiger partial charge in [0.2, 0.25) is 0 Å². The molecule has 0 spiro atoms. The first-order valence-corrected chi connectivity index (χ1v) is 7.39. The Balaban J connectivity index is 2.06. The molecule has 3 rings (SSSR count). The van der Waals surface area contributed by atoms with Gasteiger partial charge in [0.1, 0.15) is 0 Å². The quantitative estimate of drug-likeness (QED) is 0.638. The molecule has 0 saturated carbocycles. The number of allylic oxidation sites excluding steroid dienone is 4. The van der Waals surface area contributed by atoms with Crippen molar-refractivity contribution in [2.24, 2.45) is 0 Å². The largest absolute Gasteiger partial charge is 0.0984 e. The van der Waals surface area contributed by atoms with Crippen molar-refractivity contribution in [3.8, 4) is 0 Å². The van der Waals surface area contributed by atoms with Crippen LogP contribution in [0, 0.1) is 6.92 Å². The Labute approximate surface area is 127 Å². The standard InChI is InChI=1S/C21H20/c1-4-20(21-12-8-5-9-15(21)2)16(3)19-13-17-10-6-7-11-18(17)14-19/h4-13H,1,14H2,2-3H3/b20-16+. The van der Waals surface area contributed by atoms with Crippen molar-refractivity contribution in [3.05, 3.63) is 94.6 Å². The van der Waals surface area contributed by atoms with Crippen LogP contribution >= 0.6 is 0 Å². The molecule has 0 saturated heterocycles. The van der Waals surface area contributed by atoms with Gasteiger partial charge in [-0.2, -0.15) is 0 Å². The van der Waals surface area contributed by atoms with E-state index in [2.05, 4.69) is 75.0 Å². The molecule has 1 aliphatic rings. The van der Waals surface area contributed by atoms with Crippen LogP contribution in [0.3, 0.4) is 0 Å². The van der Waals surface area contributed by atoms with E-state index >= 15 is 0 Å². The summed E-state index contributed by atoms with van der Waals surface area (Å²) in [5, 5.41) is 0. The minimum Gasteiger partial charge on any atom is -0.0984 e. The van der Waals surface area contributed by atoms with Crippen LogP contribution in [0.1, 0.15) is 29.2 Å². The summed E-state index contributed by atoms with van der Waals surface area (Å²) in [6, 6.07) is 17.1. The van der Waals surface area contributed by atoms with Crippen molar-refractivity contribution in [2.45, 2.75) is 20.3 Å². The Kier molecular flexibility index (Phi) is 3.62. The number of aryl methyl sites for hydroxylation is 1. The van der Waals surface area contributed by atoms with E-state index in [1.165, 1.54) is 39.0 Å². The van der Waals surface area contributed by atoms with Crippen molar-refractivity contribution in [2.75, 3.05) is 0 Å². The molecule has 1 aliphatic carbocycles. The Morgan fingerprint density at radius 1 is 1.05 bits per heavy atom. The molecule has 104 valence electrons. The highest BCUT2D eigenvalue weighted by molar-refractivity contribution is 5.83. The van der Waals surface area contributed by atoms with Crippen LogP contribution in [-0.2, 0) is 6.42 Å². The normalized spacial score (nSPS) is 14.3. The molecule has 0 atom stereocenters. The molecule has 0 nitrogen and oxygen atoms in total. The third kappa shape index (κ3) is 2.50. The zero-order valence-corrected chi connectivity index (χ0v) is 12.7. The molecular weight excluding hydrogens is 252 g/mol. The molecule has 0 unspecified atom stereocenters. The summed E-state index contributed by atoms with van der Waals surface area (Å²) in [5.41, 5.74) is 9.31. The zero-order chi connectivity index (χ0) is 14.8. The van der Waals surface area contributed by atoms with Crippen molar-refractivity contribution in [1.82, 2.24) is 0 Å². The predicted octanol–water partition coefficient (Wildman–Crippen LogP) is 5.59. The lowest BCUT2D eigenvalue weighted by atomic mass is 9.92. The number of rotatable bonds is 3. The van der Waals surface area contributed by atoms with Crippen LogP contribution in [-0.4, -0.2) is 0 Å². The Morgan fingerprint density at radius 2 is 1.76 bits per heavy atom. The van der Waals surface area contributed by atoms with E-state index in [4.69, 9.17) is 0 Å². The minimum atomic E-state index is 1.02. The highest BCUT2D eigenvalue weighted by atomic mass is 14.2. The van der Waals surface area contributed by atoms with Gasteiger partial charge in [-0.15, -0.1) is 0 Å². The van der Waals surface area contributed by atoms with E-state index in [0.717, 1.165) is 6.42 Å². The van der Waals surface area contributed by atoms with Gasteiger partial charge in [0.25, 0.3) is 0 Å². The van der Waals surface area contributed by atoms with Crippen LogP contribution in [0.5, 0.6) is 0 Å². The first-order valence-electron chi connectivity index (χ1n) is 7.39. The number of fused-ring (bicyclic) bond motifs is 1. The molecule has 0 heteroatoms. The summed E-state index contributed by atoms with van der Waals surface area (Å²) in [6.07, 6.45) is 5.32. The lowest BCUT2D eigenvalue weighted by Crippen LogP contribution is -1.94. The summed E-state index contributed by atoms with van der Waals surface area (Å²) in [5.74, 6) is 0. The van der Waals surface area contributed by atoms with Crippen molar-refractivity contribution < 1.29 is 0 Å². The van der Waals surface area contributed by atoms with Gasteiger partial charge in [0, 0.05) is 0 Å². The molecule has 0 radical (unpaired) electrons. The van der Waals surface area contributed by atoms with E-state index in [-0.39, 0.29) is 0 Å². The molecular formula is C21H20.